The van der Waals surface area contributed by atoms with Crippen molar-refractivity contribution < 1.29 is 14.3 Å². The molecule has 2 N–H and O–H groups in total. The first-order chi connectivity index (χ1) is 9.63. The van der Waals surface area contributed by atoms with E-state index in [4.69, 9.17) is 9.47 Å². The van der Waals surface area contributed by atoms with Crippen molar-refractivity contribution in [1.82, 2.24) is 10.3 Å². The quantitative estimate of drug-likeness (QED) is 0.880. The largest absolute Gasteiger partial charge is 0.493 e. The summed E-state index contributed by atoms with van der Waals surface area (Å²) in [6.07, 6.45) is 1.71. The zero-order valence-corrected chi connectivity index (χ0v) is 12.8. The number of ether oxygens (including phenoxy) is 2. The third-order valence-electron chi connectivity index (χ3n) is 2.79. The Morgan fingerprint density at radius 3 is 2.60 bits per heavy atom. The lowest BCUT2D eigenvalue weighted by Gasteiger charge is -2.10. The van der Waals surface area contributed by atoms with E-state index < -0.39 is 0 Å². The number of halogens is 1. The van der Waals surface area contributed by atoms with Crippen molar-refractivity contribution in [3.63, 3.8) is 0 Å². The molecule has 2 aromatic rings. The number of aromatic amines is 1. The normalized spacial score (nSPS) is 10.2. The number of rotatable bonds is 5. The van der Waals surface area contributed by atoms with E-state index in [2.05, 4.69) is 26.2 Å². The maximum Gasteiger partial charge on any atom is 0.267 e. The number of carbonyl (C=O) groups excluding carboxylic acids is 1. The highest BCUT2D eigenvalue weighted by molar-refractivity contribution is 9.10. The van der Waals surface area contributed by atoms with E-state index in [9.17, 15) is 4.79 Å². The van der Waals surface area contributed by atoms with Crippen LogP contribution in [0.3, 0.4) is 0 Å². The van der Waals surface area contributed by atoms with Gasteiger partial charge in [-0.25, -0.2) is 0 Å². The molecule has 0 atom stereocenters. The van der Waals surface area contributed by atoms with Gasteiger partial charge in [-0.2, -0.15) is 0 Å². The molecular weight excluding hydrogens is 324 g/mol. The summed E-state index contributed by atoms with van der Waals surface area (Å²) in [5, 5.41) is 2.83. The van der Waals surface area contributed by atoms with Crippen LogP contribution in [0, 0.1) is 0 Å². The average Bonchev–Trinajstić information content (AvgIpc) is 2.91. The Kier molecular flexibility index (Phi) is 4.68. The molecule has 0 radical (unpaired) electrons. The molecule has 106 valence electrons. The minimum atomic E-state index is -0.162. The molecule has 0 saturated heterocycles. The van der Waals surface area contributed by atoms with Crippen LogP contribution in [0.15, 0.2) is 34.9 Å². The van der Waals surface area contributed by atoms with Crippen molar-refractivity contribution in [2.45, 2.75) is 6.54 Å². The number of hydrogen-bond acceptors (Lipinski definition) is 3. The van der Waals surface area contributed by atoms with Crippen LogP contribution < -0.4 is 14.8 Å². The predicted molar refractivity (Wildman–Crippen MR) is 79.2 cm³/mol. The first kappa shape index (κ1) is 14.5. The summed E-state index contributed by atoms with van der Waals surface area (Å²) in [7, 11) is 3.17. The van der Waals surface area contributed by atoms with Crippen molar-refractivity contribution in [2.24, 2.45) is 0 Å². The molecule has 6 heteroatoms. The molecule has 0 saturated carbocycles. The van der Waals surface area contributed by atoms with Gasteiger partial charge >= 0.3 is 0 Å². The zero-order valence-electron chi connectivity index (χ0n) is 11.2. The van der Waals surface area contributed by atoms with E-state index in [1.165, 1.54) is 0 Å². The van der Waals surface area contributed by atoms with Crippen LogP contribution in [0.25, 0.3) is 0 Å². The third-order valence-corrected chi connectivity index (χ3v) is 3.25. The van der Waals surface area contributed by atoms with Gasteiger partial charge in [0.15, 0.2) is 11.5 Å². The van der Waals surface area contributed by atoms with Gasteiger partial charge in [-0.15, -0.1) is 0 Å². The lowest BCUT2D eigenvalue weighted by atomic mass is 10.2. The van der Waals surface area contributed by atoms with Gasteiger partial charge in [0.05, 0.1) is 14.2 Å². The topological polar surface area (TPSA) is 63.3 Å². The molecule has 20 heavy (non-hydrogen) atoms. The Morgan fingerprint density at radius 1 is 1.25 bits per heavy atom. The molecular formula is C14H15BrN2O3. The molecule has 0 aliphatic heterocycles. The second kappa shape index (κ2) is 6.47. The van der Waals surface area contributed by atoms with Crippen molar-refractivity contribution in [1.29, 1.82) is 0 Å². The second-order valence-corrected chi connectivity index (χ2v) is 5.02. The number of carbonyl (C=O) groups is 1. The first-order valence-corrected chi connectivity index (χ1v) is 6.76. The summed E-state index contributed by atoms with van der Waals surface area (Å²) in [4.78, 5) is 14.8. The number of benzene rings is 1. The Labute approximate surface area is 125 Å². The highest BCUT2D eigenvalue weighted by Crippen LogP contribution is 2.27. The fraction of sp³-hybridized carbons (Fsp3) is 0.214. The predicted octanol–water partition coefficient (Wildman–Crippen LogP) is 2.72. The molecule has 5 nitrogen and oxygen atoms in total. The minimum Gasteiger partial charge on any atom is -0.493 e. The average molecular weight is 339 g/mol. The molecule has 0 aliphatic rings. The van der Waals surface area contributed by atoms with Crippen LogP contribution in [-0.2, 0) is 6.54 Å². The van der Waals surface area contributed by atoms with Gasteiger partial charge in [-0.05, 0) is 39.7 Å². The molecule has 1 aromatic heterocycles. The van der Waals surface area contributed by atoms with Gasteiger partial charge in [0, 0.05) is 17.2 Å². The molecule has 1 aromatic carbocycles. The number of amides is 1. The van der Waals surface area contributed by atoms with Crippen molar-refractivity contribution in [3.05, 3.63) is 46.2 Å². The first-order valence-electron chi connectivity index (χ1n) is 5.97. The fourth-order valence-electron chi connectivity index (χ4n) is 1.77. The van der Waals surface area contributed by atoms with Crippen LogP contribution in [0.5, 0.6) is 11.5 Å². The van der Waals surface area contributed by atoms with Crippen LogP contribution in [0.4, 0.5) is 0 Å². The minimum absolute atomic E-state index is 0.162. The van der Waals surface area contributed by atoms with E-state index in [1.54, 1.807) is 26.5 Å². The van der Waals surface area contributed by atoms with Crippen molar-refractivity contribution in [3.8, 4) is 11.5 Å². The van der Waals surface area contributed by atoms with Gasteiger partial charge in [-0.1, -0.05) is 6.07 Å². The monoisotopic (exact) mass is 338 g/mol. The number of aromatic nitrogens is 1. The highest BCUT2D eigenvalue weighted by Gasteiger charge is 2.09. The van der Waals surface area contributed by atoms with E-state index in [0.717, 1.165) is 10.0 Å². The molecule has 1 amide bonds. The maximum absolute atomic E-state index is 11.9. The molecule has 0 fully saturated rings. The maximum atomic E-state index is 11.9. The summed E-state index contributed by atoms with van der Waals surface area (Å²) in [6, 6.07) is 7.26. The summed E-state index contributed by atoms with van der Waals surface area (Å²) in [5.74, 6) is 1.14. The summed E-state index contributed by atoms with van der Waals surface area (Å²) >= 11 is 3.29. The van der Waals surface area contributed by atoms with Crippen LogP contribution in [-0.4, -0.2) is 25.1 Å². The Hall–Kier alpha value is -1.95. The van der Waals surface area contributed by atoms with Crippen molar-refractivity contribution in [2.75, 3.05) is 14.2 Å². The standard InChI is InChI=1S/C14H15BrN2O3/c1-19-12-4-3-9(5-13(12)20-2)7-17-14(18)11-6-10(15)8-16-11/h3-6,8,16H,7H2,1-2H3,(H,17,18). The van der Waals surface area contributed by atoms with Gasteiger partial charge in [0.2, 0.25) is 0 Å². The highest BCUT2D eigenvalue weighted by atomic mass is 79.9. The van der Waals surface area contributed by atoms with Gasteiger partial charge in [0.1, 0.15) is 5.69 Å². The smallest absolute Gasteiger partial charge is 0.267 e. The molecule has 0 bridgehead atoms. The summed E-state index contributed by atoms with van der Waals surface area (Å²) < 4.78 is 11.2. The van der Waals surface area contributed by atoms with Crippen LogP contribution in [0.1, 0.15) is 16.1 Å². The van der Waals surface area contributed by atoms with E-state index >= 15 is 0 Å². The van der Waals surface area contributed by atoms with Crippen molar-refractivity contribution >= 4 is 21.8 Å². The fourth-order valence-corrected chi connectivity index (χ4v) is 2.11. The second-order valence-electron chi connectivity index (χ2n) is 4.10. The third kappa shape index (κ3) is 3.33. The van der Waals surface area contributed by atoms with E-state index in [1.807, 2.05) is 18.2 Å². The van der Waals surface area contributed by atoms with Crippen LogP contribution in [0.2, 0.25) is 0 Å². The van der Waals surface area contributed by atoms with E-state index in [-0.39, 0.29) is 5.91 Å². The number of methoxy groups -OCH3 is 2. The Bertz CT molecular complexity index is 610. The summed E-state index contributed by atoms with van der Waals surface area (Å²) in [5.41, 5.74) is 1.44. The number of nitrogens with one attached hydrogen (secondary N) is 2. The number of H-pyrrole nitrogens is 1. The van der Waals surface area contributed by atoms with Crippen LogP contribution >= 0.6 is 15.9 Å². The lowest BCUT2D eigenvalue weighted by Crippen LogP contribution is -2.23. The molecule has 1 heterocycles. The van der Waals surface area contributed by atoms with E-state index in [0.29, 0.717) is 23.7 Å². The zero-order chi connectivity index (χ0) is 14.5. The molecule has 0 aliphatic carbocycles. The Balaban J connectivity index is 2.02. The van der Waals surface area contributed by atoms with Gasteiger partial charge < -0.3 is 19.8 Å². The summed E-state index contributed by atoms with van der Waals surface area (Å²) in [6.45, 7) is 0.413. The number of hydrogen-bond donors (Lipinski definition) is 2. The molecule has 0 spiro atoms. The molecule has 0 unspecified atom stereocenters. The molecule has 2 rings (SSSR count). The lowest BCUT2D eigenvalue weighted by molar-refractivity contribution is 0.0946. The van der Waals surface area contributed by atoms with Gasteiger partial charge in [0.25, 0.3) is 5.91 Å². The van der Waals surface area contributed by atoms with Gasteiger partial charge in [-0.3, -0.25) is 4.79 Å². The SMILES string of the molecule is COc1ccc(CNC(=O)c2cc(Br)c[nH]2)cc1OC. The Morgan fingerprint density at radius 2 is 2.00 bits per heavy atom.